The first-order valence-electron chi connectivity index (χ1n) is 10.3. The van der Waals surface area contributed by atoms with Crippen molar-refractivity contribution in [1.29, 1.82) is 0 Å². The lowest BCUT2D eigenvalue weighted by molar-refractivity contribution is -0.138. The van der Waals surface area contributed by atoms with Gasteiger partial charge in [0.15, 0.2) is 11.9 Å². The molecule has 1 atom stereocenters. The van der Waals surface area contributed by atoms with E-state index in [2.05, 4.69) is 5.10 Å². The topological polar surface area (TPSA) is 64.4 Å². The van der Waals surface area contributed by atoms with E-state index in [4.69, 9.17) is 4.74 Å². The summed E-state index contributed by atoms with van der Waals surface area (Å²) in [4.78, 5) is 27.7. The van der Waals surface area contributed by atoms with E-state index in [0.29, 0.717) is 16.9 Å². The molecule has 4 rings (SSSR count). The molecule has 0 radical (unpaired) electrons. The fourth-order valence-corrected chi connectivity index (χ4v) is 3.69. The first-order chi connectivity index (χ1) is 14.6. The van der Waals surface area contributed by atoms with Crippen molar-refractivity contribution < 1.29 is 14.3 Å². The number of piperidine rings is 1. The Bertz CT molecular complexity index is 1020. The van der Waals surface area contributed by atoms with Gasteiger partial charge in [-0.15, -0.1) is 0 Å². The fourth-order valence-electron chi connectivity index (χ4n) is 3.69. The van der Waals surface area contributed by atoms with E-state index in [1.165, 1.54) is 0 Å². The molecule has 6 heteroatoms. The smallest absolute Gasteiger partial charge is 0.263 e. The van der Waals surface area contributed by atoms with E-state index in [1.54, 1.807) is 48.3 Å². The molecule has 0 spiro atoms. The number of para-hydroxylation sites is 2. The van der Waals surface area contributed by atoms with Gasteiger partial charge in [-0.05, 0) is 50.5 Å². The molecule has 3 aromatic rings. The van der Waals surface area contributed by atoms with Gasteiger partial charge in [-0.3, -0.25) is 9.59 Å². The number of amides is 1. The Morgan fingerprint density at radius 1 is 0.967 bits per heavy atom. The normalized spacial score (nSPS) is 14.9. The number of carbonyl (C=O) groups is 2. The molecule has 1 amide bonds. The Morgan fingerprint density at radius 3 is 2.43 bits per heavy atom. The van der Waals surface area contributed by atoms with Crippen molar-refractivity contribution in [2.24, 2.45) is 0 Å². The number of nitrogens with zero attached hydrogens (tertiary/aromatic N) is 3. The molecule has 1 saturated heterocycles. The van der Waals surface area contributed by atoms with Crippen LogP contribution in [0.2, 0.25) is 0 Å². The molecule has 2 aromatic carbocycles. The summed E-state index contributed by atoms with van der Waals surface area (Å²) < 4.78 is 7.62. The zero-order chi connectivity index (χ0) is 20.9. The Morgan fingerprint density at radius 2 is 1.67 bits per heavy atom. The second-order valence-electron chi connectivity index (χ2n) is 7.48. The molecule has 1 aliphatic heterocycles. The van der Waals surface area contributed by atoms with E-state index in [0.717, 1.165) is 38.0 Å². The van der Waals surface area contributed by atoms with Crippen LogP contribution in [-0.4, -0.2) is 45.6 Å². The summed E-state index contributed by atoms with van der Waals surface area (Å²) in [6.45, 7) is 3.28. The first kappa shape index (κ1) is 19.9. The van der Waals surface area contributed by atoms with Crippen LogP contribution >= 0.6 is 0 Å². The number of aromatic nitrogens is 2. The molecule has 0 N–H and O–H groups in total. The van der Waals surface area contributed by atoms with E-state index < -0.39 is 6.10 Å². The number of hydrogen-bond acceptors (Lipinski definition) is 4. The Balaban J connectivity index is 1.52. The fraction of sp³-hybridized carbons (Fsp3) is 0.292. The second kappa shape index (κ2) is 8.95. The van der Waals surface area contributed by atoms with Crippen molar-refractivity contribution >= 4 is 11.7 Å². The molecular formula is C24H25N3O3. The van der Waals surface area contributed by atoms with Crippen LogP contribution in [0.15, 0.2) is 67.0 Å². The third kappa shape index (κ3) is 4.27. The molecule has 0 bridgehead atoms. The maximum Gasteiger partial charge on any atom is 0.263 e. The Labute approximate surface area is 176 Å². The molecule has 2 heterocycles. The molecule has 1 aromatic heterocycles. The molecule has 0 saturated carbocycles. The van der Waals surface area contributed by atoms with Crippen LogP contribution < -0.4 is 4.74 Å². The largest absolute Gasteiger partial charge is 0.480 e. The minimum atomic E-state index is -0.649. The summed E-state index contributed by atoms with van der Waals surface area (Å²) in [5.41, 5.74) is 1.76. The van der Waals surface area contributed by atoms with Gasteiger partial charge in [0.2, 0.25) is 0 Å². The predicted octanol–water partition coefficient (Wildman–Crippen LogP) is 3.88. The maximum atomic E-state index is 13.1. The molecule has 154 valence electrons. The number of benzene rings is 2. The number of likely N-dealkylation sites (tertiary alicyclic amines) is 1. The van der Waals surface area contributed by atoms with Gasteiger partial charge in [0.05, 0.1) is 23.0 Å². The minimum absolute atomic E-state index is 0.0335. The van der Waals surface area contributed by atoms with Gasteiger partial charge in [-0.25, -0.2) is 4.68 Å². The van der Waals surface area contributed by atoms with Crippen molar-refractivity contribution in [3.05, 3.63) is 78.1 Å². The lowest BCUT2D eigenvalue weighted by Crippen LogP contribution is -2.43. The number of rotatable bonds is 6. The van der Waals surface area contributed by atoms with Gasteiger partial charge in [-0.1, -0.05) is 30.3 Å². The highest BCUT2D eigenvalue weighted by Crippen LogP contribution is 2.24. The molecular weight excluding hydrogens is 378 g/mol. The van der Waals surface area contributed by atoms with E-state index in [9.17, 15) is 9.59 Å². The molecule has 6 nitrogen and oxygen atoms in total. The van der Waals surface area contributed by atoms with Crippen molar-refractivity contribution in [3.63, 3.8) is 0 Å². The third-order valence-corrected chi connectivity index (χ3v) is 5.32. The van der Waals surface area contributed by atoms with Crippen LogP contribution in [0.3, 0.4) is 0 Å². The van der Waals surface area contributed by atoms with Crippen molar-refractivity contribution in [2.75, 3.05) is 13.1 Å². The van der Waals surface area contributed by atoms with Crippen molar-refractivity contribution in [3.8, 4) is 11.4 Å². The van der Waals surface area contributed by atoms with Gasteiger partial charge < -0.3 is 9.64 Å². The zero-order valence-corrected chi connectivity index (χ0v) is 17.0. The van der Waals surface area contributed by atoms with E-state index >= 15 is 0 Å². The van der Waals surface area contributed by atoms with Gasteiger partial charge in [0.1, 0.15) is 5.75 Å². The number of ether oxygens (including phenoxy) is 1. The second-order valence-corrected chi connectivity index (χ2v) is 7.48. The minimum Gasteiger partial charge on any atom is -0.480 e. The predicted molar refractivity (Wildman–Crippen MR) is 114 cm³/mol. The molecule has 0 aliphatic carbocycles. The SMILES string of the molecule is CC(Oc1ccccc1C(=O)c1cnn(-c2ccccc2)c1)C(=O)N1CCCCC1. The first-order valence-corrected chi connectivity index (χ1v) is 10.3. The summed E-state index contributed by atoms with van der Waals surface area (Å²) >= 11 is 0. The zero-order valence-electron chi connectivity index (χ0n) is 17.0. The summed E-state index contributed by atoms with van der Waals surface area (Å²) in [7, 11) is 0. The van der Waals surface area contributed by atoms with Gasteiger partial charge in [-0.2, -0.15) is 5.10 Å². The van der Waals surface area contributed by atoms with Crippen LogP contribution in [0.4, 0.5) is 0 Å². The van der Waals surface area contributed by atoms with Gasteiger partial charge in [0, 0.05) is 19.3 Å². The quantitative estimate of drug-likeness (QED) is 0.586. The molecule has 1 unspecified atom stereocenters. The van der Waals surface area contributed by atoms with Crippen molar-refractivity contribution in [2.45, 2.75) is 32.3 Å². The Kier molecular flexibility index (Phi) is 5.93. The summed E-state index contributed by atoms with van der Waals surface area (Å²) in [6, 6.07) is 16.7. The Hall–Kier alpha value is -3.41. The van der Waals surface area contributed by atoms with Crippen LogP contribution in [0.5, 0.6) is 5.75 Å². The highest BCUT2D eigenvalue weighted by molar-refractivity contribution is 6.10. The summed E-state index contributed by atoms with van der Waals surface area (Å²) in [5.74, 6) is 0.187. The van der Waals surface area contributed by atoms with Crippen LogP contribution in [0.1, 0.15) is 42.1 Å². The third-order valence-electron chi connectivity index (χ3n) is 5.32. The number of ketones is 1. The lowest BCUT2D eigenvalue weighted by atomic mass is 10.1. The summed E-state index contributed by atoms with van der Waals surface area (Å²) in [5, 5.41) is 4.31. The van der Waals surface area contributed by atoms with E-state index in [-0.39, 0.29) is 11.7 Å². The number of hydrogen-bond donors (Lipinski definition) is 0. The average Bonchev–Trinajstić information content (AvgIpc) is 3.30. The van der Waals surface area contributed by atoms with Crippen LogP contribution in [0.25, 0.3) is 5.69 Å². The van der Waals surface area contributed by atoms with E-state index in [1.807, 2.05) is 35.2 Å². The maximum absolute atomic E-state index is 13.1. The lowest BCUT2D eigenvalue weighted by Gasteiger charge is -2.29. The van der Waals surface area contributed by atoms with Crippen molar-refractivity contribution in [1.82, 2.24) is 14.7 Å². The molecule has 1 aliphatic rings. The molecule has 30 heavy (non-hydrogen) atoms. The molecule has 1 fully saturated rings. The van der Waals surface area contributed by atoms with Crippen LogP contribution in [0, 0.1) is 0 Å². The van der Waals surface area contributed by atoms with Gasteiger partial charge in [0.25, 0.3) is 5.91 Å². The monoisotopic (exact) mass is 403 g/mol. The van der Waals surface area contributed by atoms with Gasteiger partial charge >= 0.3 is 0 Å². The highest BCUT2D eigenvalue weighted by atomic mass is 16.5. The highest BCUT2D eigenvalue weighted by Gasteiger charge is 2.25. The van der Waals surface area contributed by atoms with Crippen LogP contribution in [-0.2, 0) is 4.79 Å². The standard InChI is InChI=1S/C24H25N3O3/c1-18(24(29)26-14-8-3-9-15-26)30-22-13-7-6-12-21(22)23(28)19-16-25-27(17-19)20-10-4-2-5-11-20/h2,4-7,10-13,16-18H,3,8-9,14-15H2,1H3. The average molecular weight is 403 g/mol. The summed E-state index contributed by atoms with van der Waals surface area (Å²) in [6.07, 6.45) is 5.82. The number of carbonyl (C=O) groups excluding carboxylic acids is 2.